The summed E-state index contributed by atoms with van der Waals surface area (Å²) in [7, 11) is 1.60. The maximum atomic E-state index is 12.0. The van der Waals surface area contributed by atoms with E-state index in [4.69, 9.17) is 9.47 Å². The summed E-state index contributed by atoms with van der Waals surface area (Å²) in [6.45, 7) is 1.71. The Morgan fingerprint density at radius 3 is 2.20 bits per heavy atom. The molecule has 1 atom stereocenters. The van der Waals surface area contributed by atoms with Crippen LogP contribution in [0.2, 0.25) is 0 Å². The zero-order valence-corrected chi connectivity index (χ0v) is 11.5. The van der Waals surface area contributed by atoms with Crippen molar-refractivity contribution in [3.63, 3.8) is 0 Å². The van der Waals surface area contributed by atoms with Gasteiger partial charge >= 0.3 is 0 Å². The lowest BCUT2D eigenvalue weighted by Crippen LogP contribution is -2.30. The topological polar surface area (TPSA) is 47.6 Å². The van der Waals surface area contributed by atoms with Gasteiger partial charge in [0.15, 0.2) is 6.10 Å². The highest BCUT2D eigenvalue weighted by Crippen LogP contribution is 2.18. The van der Waals surface area contributed by atoms with Gasteiger partial charge in [0, 0.05) is 5.69 Å². The second-order valence-corrected chi connectivity index (χ2v) is 4.29. The van der Waals surface area contributed by atoms with E-state index in [1.54, 1.807) is 38.3 Å². The highest BCUT2D eigenvalue weighted by atomic mass is 16.5. The number of ether oxygens (including phenoxy) is 2. The molecule has 1 N–H and O–H groups in total. The van der Waals surface area contributed by atoms with Gasteiger partial charge in [0.1, 0.15) is 11.5 Å². The molecular weight excluding hydrogens is 254 g/mol. The Bertz CT molecular complexity index is 552. The molecule has 0 unspecified atom stereocenters. The Balaban J connectivity index is 1.93. The van der Waals surface area contributed by atoms with E-state index < -0.39 is 6.10 Å². The monoisotopic (exact) mass is 271 g/mol. The van der Waals surface area contributed by atoms with Crippen molar-refractivity contribution < 1.29 is 14.3 Å². The average Bonchev–Trinajstić information content (AvgIpc) is 2.49. The minimum absolute atomic E-state index is 0.188. The van der Waals surface area contributed by atoms with Gasteiger partial charge in [-0.2, -0.15) is 0 Å². The van der Waals surface area contributed by atoms with Crippen molar-refractivity contribution in [2.75, 3.05) is 12.4 Å². The molecule has 2 aromatic rings. The van der Waals surface area contributed by atoms with E-state index in [2.05, 4.69) is 5.32 Å². The molecule has 4 nitrogen and oxygen atoms in total. The molecule has 0 spiro atoms. The summed E-state index contributed by atoms with van der Waals surface area (Å²) in [5.74, 6) is 1.19. The molecule has 0 aliphatic rings. The van der Waals surface area contributed by atoms with E-state index >= 15 is 0 Å². The molecule has 2 rings (SSSR count). The molecule has 0 bridgehead atoms. The van der Waals surface area contributed by atoms with Crippen LogP contribution in [0.15, 0.2) is 54.6 Å². The van der Waals surface area contributed by atoms with Crippen LogP contribution in [0.3, 0.4) is 0 Å². The van der Waals surface area contributed by atoms with Crippen LogP contribution in [-0.2, 0) is 4.79 Å². The summed E-state index contributed by atoms with van der Waals surface area (Å²) in [5, 5.41) is 2.80. The Kier molecular flexibility index (Phi) is 4.60. The minimum atomic E-state index is -0.580. The van der Waals surface area contributed by atoms with Crippen molar-refractivity contribution in [3.8, 4) is 11.5 Å². The first-order valence-electron chi connectivity index (χ1n) is 6.35. The molecule has 0 heterocycles. The standard InChI is InChI=1S/C16H17NO3/c1-12(16(18)17-13-6-4-3-5-7-13)20-15-10-8-14(19-2)9-11-15/h3-12H,1-2H3,(H,17,18)/t12-/m0/s1. The fraction of sp³-hybridized carbons (Fsp3) is 0.188. The Morgan fingerprint density at radius 2 is 1.60 bits per heavy atom. The molecule has 104 valence electrons. The van der Waals surface area contributed by atoms with Crippen molar-refractivity contribution in [3.05, 3.63) is 54.6 Å². The third kappa shape index (κ3) is 3.75. The predicted octanol–water partition coefficient (Wildman–Crippen LogP) is 3.10. The van der Waals surface area contributed by atoms with Crippen LogP contribution in [0.25, 0.3) is 0 Å². The van der Waals surface area contributed by atoms with Crippen LogP contribution in [-0.4, -0.2) is 19.1 Å². The molecule has 0 radical (unpaired) electrons. The van der Waals surface area contributed by atoms with Crippen molar-refractivity contribution in [2.45, 2.75) is 13.0 Å². The number of hydrogen-bond acceptors (Lipinski definition) is 3. The van der Waals surface area contributed by atoms with Gasteiger partial charge in [-0.05, 0) is 43.3 Å². The molecule has 0 aliphatic heterocycles. The van der Waals surface area contributed by atoms with E-state index in [1.165, 1.54) is 0 Å². The van der Waals surface area contributed by atoms with E-state index in [0.717, 1.165) is 11.4 Å². The fourth-order valence-electron chi connectivity index (χ4n) is 1.68. The number of carbonyl (C=O) groups is 1. The second-order valence-electron chi connectivity index (χ2n) is 4.29. The van der Waals surface area contributed by atoms with Gasteiger partial charge in [0.2, 0.25) is 0 Å². The second kappa shape index (κ2) is 6.61. The zero-order valence-electron chi connectivity index (χ0n) is 11.5. The molecule has 0 fully saturated rings. The quantitative estimate of drug-likeness (QED) is 0.909. The SMILES string of the molecule is COc1ccc(O[C@@H](C)C(=O)Nc2ccccc2)cc1. The van der Waals surface area contributed by atoms with Crippen LogP contribution < -0.4 is 14.8 Å². The maximum absolute atomic E-state index is 12.0. The van der Waals surface area contributed by atoms with E-state index in [1.807, 2.05) is 30.3 Å². The highest BCUT2D eigenvalue weighted by molar-refractivity contribution is 5.94. The van der Waals surface area contributed by atoms with E-state index in [0.29, 0.717) is 5.75 Å². The van der Waals surface area contributed by atoms with Gasteiger partial charge < -0.3 is 14.8 Å². The first-order chi connectivity index (χ1) is 9.69. The van der Waals surface area contributed by atoms with Crippen LogP contribution in [0.5, 0.6) is 11.5 Å². The van der Waals surface area contributed by atoms with Gasteiger partial charge in [-0.25, -0.2) is 0 Å². The van der Waals surface area contributed by atoms with Crippen molar-refractivity contribution in [1.82, 2.24) is 0 Å². The third-order valence-corrected chi connectivity index (χ3v) is 2.78. The predicted molar refractivity (Wildman–Crippen MR) is 78.2 cm³/mol. The number of carbonyl (C=O) groups excluding carboxylic acids is 1. The van der Waals surface area contributed by atoms with Crippen LogP contribution in [0.1, 0.15) is 6.92 Å². The third-order valence-electron chi connectivity index (χ3n) is 2.78. The van der Waals surface area contributed by atoms with Gasteiger partial charge in [0.05, 0.1) is 7.11 Å². The summed E-state index contributed by atoms with van der Waals surface area (Å²) in [4.78, 5) is 12.0. The number of rotatable bonds is 5. The molecule has 0 aliphatic carbocycles. The van der Waals surface area contributed by atoms with Crippen LogP contribution >= 0.6 is 0 Å². The number of hydrogen-bond donors (Lipinski definition) is 1. The lowest BCUT2D eigenvalue weighted by molar-refractivity contribution is -0.122. The van der Waals surface area contributed by atoms with Crippen LogP contribution in [0, 0.1) is 0 Å². The molecular formula is C16H17NO3. The molecule has 0 saturated heterocycles. The summed E-state index contributed by atoms with van der Waals surface area (Å²) in [5.41, 5.74) is 0.752. The fourth-order valence-corrected chi connectivity index (χ4v) is 1.68. The summed E-state index contributed by atoms with van der Waals surface area (Å²) >= 11 is 0. The lowest BCUT2D eigenvalue weighted by Gasteiger charge is -2.15. The van der Waals surface area contributed by atoms with Crippen molar-refractivity contribution >= 4 is 11.6 Å². The number of para-hydroxylation sites is 1. The maximum Gasteiger partial charge on any atom is 0.265 e. The summed E-state index contributed by atoms with van der Waals surface area (Å²) in [6, 6.07) is 16.4. The molecule has 0 saturated carbocycles. The Hall–Kier alpha value is -2.49. The van der Waals surface area contributed by atoms with Gasteiger partial charge in [0.25, 0.3) is 5.91 Å². The number of benzene rings is 2. The number of methoxy groups -OCH3 is 1. The van der Waals surface area contributed by atoms with Gasteiger partial charge in [-0.15, -0.1) is 0 Å². The Morgan fingerprint density at radius 1 is 1.00 bits per heavy atom. The Labute approximate surface area is 118 Å². The lowest BCUT2D eigenvalue weighted by atomic mass is 10.3. The highest BCUT2D eigenvalue weighted by Gasteiger charge is 2.14. The molecule has 2 aromatic carbocycles. The minimum Gasteiger partial charge on any atom is -0.497 e. The zero-order chi connectivity index (χ0) is 14.4. The molecule has 0 aromatic heterocycles. The average molecular weight is 271 g/mol. The van der Waals surface area contributed by atoms with Gasteiger partial charge in [-0.3, -0.25) is 4.79 Å². The largest absolute Gasteiger partial charge is 0.497 e. The molecule has 1 amide bonds. The number of anilines is 1. The number of nitrogens with one attached hydrogen (secondary N) is 1. The summed E-state index contributed by atoms with van der Waals surface area (Å²) in [6.07, 6.45) is -0.580. The number of amides is 1. The van der Waals surface area contributed by atoms with E-state index in [9.17, 15) is 4.79 Å². The molecule has 4 heteroatoms. The van der Waals surface area contributed by atoms with E-state index in [-0.39, 0.29) is 5.91 Å². The van der Waals surface area contributed by atoms with Crippen molar-refractivity contribution in [2.24, 2.45) is 0 Å². The van der Waals surface area contributed by atoms with Crippen molar-refractivity contribution in [1.29, 1.82) is 0 Å². The first kappa shape index (κ1) is 13.9. The smallest absolute Gasteiger partial charge is 0.265 e. The molecule has 20 heavy (non-hydrogen) atoms. The van der Waals surface area contributed by atoms with Crippen LogP contribution in [0.4, 0.5) is 5.69 Å². The van der Waals surface area contributed by atoms with Gasteiger partial charge in [-0.1, -0.05) is 18.2 Å². The summed E-state index contributed by atoms with van der Waals surface area (Å²) < 4.78 is 10.6. The normalized spacial score (nSPS) is 11.5. The first-order valence-corrected chi connectivity index (χ1v) is 6.35.